The zero-order valence-electron chi connectivity index (χ0n) is 15.1. The summed E-state index contributed by atoms with van der Waals surface area (Å²) in [4.78, 5) is 35.6. The number of benzene rings is 2. The molecule has 4 N–H and O–H groups in total. The Morgan fingerprint density at radius 3 is 2.44 bits per heavy atom. The van der Waals surface area contributed by atoms with Gasteiger partial charge in [-0.15, -0.1) is 0 Å². The highest BCUT2D eigenvalue weighted by Crippen LogP contribution is 2.21. The van der Waals surface area contributed by atoms with E-state index in [1.165, 1.54) is 7.05 Å². The SMILES string of the molecule is CCNC(=O)c1cccc(NC(=O)CNc2ccc(C(=O)NC)c(Cl)c2)c1. The van der Waals surface area contributed by atoms with Crippen molar-refractivity contribution >= 4 is 40.7 Å². The molecule has 0 aliphatic heterocycles. The Balaban J connectivity index is 1.95. The number of nitrogens with one attached hydrogen (secondary N) is 4. The molecule has 0 heterocycles. The number of carbonyl (C=O) groups excluding carboxylic acids is 3. The van der Waals surface area contributed by atoms with Gasteiger partial charge in [-0.1, -0.05) is 17.7 Å². The molecule has 0 aromatic heterocycles. The van der Waals surface area contributed by atoms with Crippen LogP contribution < -0.4 is 21.3 Å². The van der Waals surface area contributed by atoms with Gasteiger partial charge < -0.3 is 21.3 Å². The maximum atomic E-state index is 12.1. The minimum Gasteiger partial charge on any atom is -0.376 e. The predicted octanol–water partition coefficient (Wildman–Crippen LogP) is 2.50. The molecular formula is C19H21ClN4O3. The summed E-state index contributed by atoms with van der Waals surface area (Å²) >= 11 is 6.08. The maximum absolute atomic E-state index is 12.1. The van der Waals surface area contributed by atoms with E-state index in [0.29, 0.717) is 29.0 Å². The molecule has 0 atom stereocenters. The third-order valence-corrected chi connectivity index (χ3v) is 3.95. The minimum absolute atomic E-state index is 0.00103. The van der Waals surface area contributed by atoms with Crippen LogP contribution in [0.25, 0.3) is 0 Å². The van der Waals surface area contributed by atoms with Crippen molar-refractivity contribution in [3.05, 3.63) is 58.6 Å². The molecule has 8 heteroatoms. The van der Waals surface area contributed by atoms with E-state index in [4.69, 9.17) is 11.6 Å². The van der Waals surface area contributed by atoms with Crippen LogP contribution in [0.1, 0.15) is 27.6 Å². The molecule has 142 valence electrons. The van der Waals surface area contributed by atoms with E-state index in [9.17, 15) is 14.4 Å². The quantitative estimate of drug-likeness (QED) is 0.585. The van der Waals surface area contributed by atoms with Gasteiger partial charge in [-0.05, 0) is 43.3 Å². The van der Waals surface area contributed by atoms with E-state index >= 15 is 0 Å². The molecule has 3 amide bonds. The second-order valence-electron chi connectivity index (χ2n) is 5.62. The van der Waals surface area contributed by atoms with Gasteiger partial charge in [0, 0.05) is 30.5 Å². The molecule has 2 aromatic rings. The molecule has 0 spiro atoms. The molecule has 0 radical (unpaired) electrons. The van der Waals surface area contributed by atoms with Crippen molar-refractivity contribution in [3.63, 3.8) is 0 Å². The Kier molecular flexibility index (Phi) is 7.19. The Hall–Kier alpha value is -3.06. The lowest BCUT2D eigenvalue weighted by molar-refractivity contribution is -0.114. The predicted molar refractivity (Wildman–Crippen MR) is 106 cm³/mol. The molecular weight excluding hydrogens is 368 g/mol. The highest BCUT2D eigenvalue weighted by molar-refractivity contribution is 6.34. The number of amides is 3. The van der Waals surface area contributed by atoms with Crippen LogP contribution in [0.5, 0.6) is 0 Å². The minimum atomic E-state index is -0.283. The number of anilines is 2. The van der Waals surface area contributed by atoms with Gasteiger partial charge in [-0.3, -0.25) is 14.4 Å². The van der Waals surface area contributed by atoms with Crippen molar-refractivity contribution in [2.45, 2.75) is 6.92 Å². The van der Waals surface area contributed by atoms with Crippen LogP contribution in [0.3, 0.4) is 0 Å². The molecule has 2 rings (SSSR count). The van der Waals surface area contributed by atoms with E-state index in [-0.39, 0.29) is 29.3 Å². The van der Waals surface area contributed by atoms with Crippen molar-refractivity contribution in [1.29, 1.82) is 0 Å². The molecule has 0 bridgehead atoms. The molecule has 0 saturated heterocycles. The molecule has 0 fully saturated rings. The van der Waals surface area contributed by atoms with Crippen molar-refractivity contribution in [2.75, 3.05) is 30.8 Å². The normalized spacial score (nSPS) is 10.0. The summed E-state index contributed by atoms with van der Waals surface area (Å²) in [5.41, 5.74) is 1.97. The van der Waals surface area contributed by atoms with E-state index in [2.05, 4.69) is 21.3 Å². The van der Waals surface area contributed by atoms with E-state index in [1.807, 2.05) is 6.92 Å². The number of rotatable bonds is 7. The maximum Gasteiger partial charge on any atom is 0.252 e. The summed E-state index contributed by atoms with van der Waals surface area (Å²) in [5, 5.41) is 11.2. The second-order valence-corrected chi connectivity index (χ2v) is 6.02. The van der Waals surface area contributed by atoms with Crippen LogP contribution in [0.2, 0.25) is 5.02 Å². The first kappa shape index (κ1) is 20.3. The van der Waals surface area contributed by atoms with Crippen LogP contribution in [0, 0.1) is 0 Å². The van der Waals surface area contributed by atoms with Crippen LogP contribution >= 0.6 is 11.6 Å². The standard InChI is InChI=1S/C19H21ClN4O3/c1-3-22-18(26)12-5-4-6-14(9-12)24-17(25)11-23-13-7-8-15(16(20)10-13)19(27)21-2/h4-10,23H,3,11H2,1-2H3,(H,21,27)(H,22,26)(H,24,25). The number of hydrogen-bond donors (Lipinski definition) is 4. The van der Waals surface area contributed by atoms with E-state index < -0.39 is 0 Å². The highest BCUT2D eigenvalue weighted by Gasteiger charge is 2.10. The fraction of sp³-hybridized carbons (Fsp3) is 0.211. The third kappa shape index (κ3) is 5.72. The largest absolute Gasteiger partial charge is 0.376 e. The van der Waals surface area contributed by atoms with Crippen LogP contribution in [0.4, 0.5) is 11.4 Å². The Morgan fingerprint density at radius 1 is 1.00 bits per heavy atom. The van der Waals surface area contributed by atoms with Gasteiger partial charge in [0.15, 0.2) is 0 Å². The molecule has 0 aliphatic rings. The first-order chi connectivity index (χ1) is 12.9. The lowest BCUT2D eigenvalue weighted by Gasteiger charge is -2.10. The summed E-state index contributed by atoms with van der Waals surface area (Å²) in [6.45, 7) is 2.37. The molecule has 27 heavy (non-hydrogen) atoms. The smallest absolute Gasteiger partial charge is 0.252 e. The van der Waals surface area contributed by atoms with Gasteiger partial charge >= 0.3 is 0 Å². The molecule has 7 nitrogen and oxygen atoms in total. The van der Waals surface area contributed by atoms with Gasteiger partial charge in [0.2, 0.25) is 5.91 Å². The zero-order chi connectivity index (χ0) is 19.8. The lowest BCUT2D eigenvalue weighted by atomic mass is 10.2. The van der Waals surface area contributed by atoms with Gasteiger partial charge in [0.1, 0.15) is 0 Å². The summed E-state index contributed by atoms with van der Waals surface area (Å²) in [6.07, 6.45) is 0. The summed E-state index contributed by atoms with van der Waals surface area (Å²) in [7, 11) is 1.52. The highest BCUT2D eigenvalue weighted by atomic mass is 35.5. The van der Waals surface area contributed by atoms with Crippen molar-refractivity contribution in [2.24, 2.45) is 0 Å². The fourth-order valence-electron chi connectivity index (χ4n) is 2.33. The van der Waals surface area contributed by atoms with Crippen molar-refractivity contribution in [1.82, 2.24) is 10.6 Å². The van der Waals surface area contributed by atoms with Gasteiger partial charge in [0.05, 0.1) is 17.1 Å². The summed E-state index contributed by atoms with van der Waals surface area (Å²) in [5.74, 6) is -0.761. The van der Waals surface area contributed by atoms with Gasteiger partial charge in [-0.25, -0.2) is 0 Å². The Labute approximate surface area is 162 Å². The van der Waals surface area contributed by atoms with E-state index in [0.717, 1.165) is 0 Å². The Bertz CT molecular complexity index is 855. The molecule has 2 aromatic carbocycles. The van der Waals surface area contributed by atoms with Crippen molar-refractivity contribution in [3.8, 4) is 0 Å². The molecule has 0 aliphatic carbocycles. The lowest BCUT2D eigenvalue weighted by Crippen LogP contribution is -2.24. The van der Waals surface area contributed by atoms with Crippen LogP contribution in [-0.4, -0.2) is 37.9 Å². The monoisotopic (exact) mass is 388 g/mol. The average Bonchev–Trinajstić information content (AvgIpc) is 2.66. The Morgan fingerprint density at radius 2 is 1.78 bits per heavy atom. The van der Waals surface area contributed by atoms with Gasteiger partial charge in [-0.2, -0.15) is 0 Å². The number of halogens is 1. The number of hydrogen-bond acceptors (Lipinski definition) is 4. The zero-order valence-corrected chi connectivity index (χ0v) is 15.8. The summed E-state index contributed by atoms with van der Waals surface area (Å²) < 4.78 is 0. The number of carbonyl (C=O) groups is 3. The molecule has 0 saturated carbocycles. The average molecular weight is 389 g/mol. The first-order valence-corrected chi connectivity index (χ1v) is 8.76. The fourth-order valence-corrected chi connectivity index (χ4v) is 2.60. The first-order valence-electron chi connectivity index (χ1n) is 8.38. The topological polar surface area (TPSA) is 99.3 Å². The van der Waals surface area contributed by atoms with Crippen molar-refractivity contribution < 1.29 is 14.4 Å². The van der Waals surface area contributed by atoms with Gasteiger partial charge in [0.25, 0.3) is 11.8 Å². The van der Waals surface area contributed by atoms with Crippen LogP contribution in [-0.2, 0) is 4.79 Å². The van der Waals surface area contributed by atoms with Crippen LogP contribution in [0.15, 0.2) is 42.5 Å². The second kappa shape index (κ2) is 9.59. The van der Waals surface area contributed by atoms with E-state index in [1.54, 1.807) is 42.5 Å². The third-order valence-electron chi connectivity index (χ3n) is 3.64. The molecule has 0 unspecified atom stereocenters. The summed E-state index contributed by atoms with van der Waals surface area (Å²) in [6, 6.07) is 11.5.